The second-order valence-corrected chi connectivity index (χ2v) is 11.1. The van der Waals surface area contributed by atoms with Gasteiger partial charge in [0.2, 0.25) is 0 Å². The number of H-pyrrole nitrogens is 1. The number of pyridine rings is 2. The normalized spacial score (nSPS) is 17.1. The van der Waals surface area contributed by atoms with Crippen LogP contribution in [0.4, 0.5) is 0 Å². The summed E-state index contributed by atoms with van der Waals surface area (Å²) in [5.41, 5.74) is 9.71. The number of likely N-dealkylation sites (N-methyl/N-ethyl adjacent to an activating group) is 2. The summed E-state index contributed by atoms with van der Waals surface area (Å²) in [6.45, 7) is 4.76. The van der Waals surface area contributed by atoms with Crippen molar-refractivity contribution in [2.75, 3.05) is 32.6 Å². The van der Waals surface area contributed by atoms with Crippen LogP contribution < -0.4 is 10.6 Å². The van der Waals surface area contributed by atoms with Crippen LogP contribution in [0.3, 0.4) is 0 Å². The van der Waals surface area contributed by atoms with Gasteiger partial charge in [0.1, 0.15) is 11.9 Å². The van der Waals surface area contributed by atoms with E-state index in [1.807, 2.05) is 51.6 Å². The van der Waals surface area contributed by atoms with E-state index in [0.717, 1.165) is 48.7 Å². The van der Waals surface area contributed by atoms with Crippen LogP contribution >= 0.6 is 15.9 Å². The van der Waals surface area contributed by atoms with E-state index in [-0.39, 0.29) is 18.5 Å². The molecule has 43 heavy (non-hydrogen) atoms. The molecule has 2 aliphatic carbocycles. The number of rotatable bonds is 7. The van der Waals surface area contributed by atoms with Crippen LogP contribution in [-0.2, 0) is 51.3 Å². The number of aryl methyl sites for hydroxylation is 1. The summed E-state index contributed by atoms with van der Waals surface area (Å²) in [6.07, 6.45) is 10.2. The van der Waals surface area contributed by atoms with Crippen LogP contribution in [0.25, 0.3) is 22.1 Å². The van der Waals surface area contributed by atoms with Crippen molar-refractivity contribution < 1.29 is 19.1 Å². The van der Waals surface area contributed by atoms with E-state index in [1.165, 1.54) is 34.5 Å². The van der Waals surface area contributed by atoms with Gasteiger partial charge in [-0.3, -0.25) is 19.6 Å². The average molecular weight is 656 g/mol. The van der Waals surface area contributed by atoms with Crippen molar-refractivity contribution in [1.29, 1.82) is 0 Å². The Bertz CT molecular complexity index is 1520. The van der Waals surface area contributed by atoms with Gasteiger partial charge in [0.25, 0.3) is 0 Å². The highest BCUT2D eigenvalue weighted by Crippen LogP contribution is 2.31. The number of nitrogens with one attached hydrogen (secondary N) is 3. The maximum Gasteiger partial charge on any atom is 0.325 e. The molecule has 2 atom stereocenters. The van der Waals surface area contributed by atoms with Crippen LogP contribution in [-0.4, -0.2) is 76.2 Å². The average Bonchev–Trinajstić information content (AvgIpc) is 3.56. The fourth-order valence-electron chi connectivity index (χ4n) is 5.89. The van der Waals surface area contributed by atoms with Crippen molar-refractivity contribution in [3.63, 3.8) is 0 Å². The highest BCUT2D eigenvalue weighted by Gasteiger charge is 2.26. The molecule has 0 saturated carbocycles. The number of aromatic amines is 1. The first-order valence-electron chi connectivity index (χ1n) is 15.0. The van der Waals surface area contributed by atoms with Gasteiger partial charge in [-0.2, -0.15) is 0 Å². The van der Waals surface area contributed by atoms with Crippen molar-refractivity contribution in [1.82, 2.24) is 30.2 Å². The molecule has 0 saturated heterocycles. The molecule has 3 N–H and O–H groups in total. The summed E-state index contributed by atoms with van der Waals surface area (Å²) in [5.74, 6) is -0.390. The van der Waals surface area contributed by atoms with Gasteiger partial charge in [-0.25, -0.2) is 0 Å². The van der Waals surface area contributed by atoms with Crippen LogP contribution in [0, 0.1) is 0 Å². The predicted molar refractivity (Wildman–Crippen MR) is 173 cm³/mol. The van der Waals surface area contributed by atoms with E-state index < -0.39 is 0 Å². The van der Waals surface area contributed by atoms with Crippen LogP contribution in [0.1, 0.15) is 49.2 Å². The number of aromatic nitrogens is 4. The van der Waals surface area contributed by atoms with Gasteiger partial charge in [0.15, 0.2) is 0 Å². The van der Waals surface area contributed by atoms with Crippen molar-refractivity contribution in [3.8, 4) is 0 Å². The molecule has 4 aromatic rings. The van der Waals surface area contributed by atoms with Gasteiger partial charge in [0, 0.05) is 47.0 Å². The molecule has 0 aliphatic heterocycles. The summed E-state index contributed by atoms with van der Waals surface area (Å²) in [4.78, 5) is 34.5. The Kier molecular flexibility index (Phi) is 12.1. The Morgan fingerprint density at radius 3 is 2.21 bits per heavy atom. The second-order valence-electron chi connectivity index (χ2n) is 10.6. The quantitative estimate of drug-likeness (QED) is 0.200. The molecule has 0 spiro atoms. The summed E-state index contributed by atoms with van der Waals surface area (Å²) in [5, 5.41) is 7.00. The lowest BCUT2D eigenvalue weighted by atomic mass is 9.93. The standard InChI is InChI=1S/C16H21N3O2.C12H15N3.C4H7BrO2/c1-3-21-15(20)10-19-13-7-6-11(17-2)9-12(13)16-14(19)5-4-8-18-16;1-13-8-4-5-10-9(7-8)12-11(15-10)3-2-6-14-12;1-2-7-4(6)3-5/h4-5,8,11,17H,3,6-7,9-10H2,1-2H3;2-3,6,8,13,15H,4-5,7H2,1H3;2-3H2,1H3. The molecule has 4 aromatic heterocycles. The van der Waals surface area contributed by atoms with Crippen LogP contribution in [0.5, 0.6) is 0 Å². The van der Waals surface area contributed by atoms with Crippen molar-refractivity contribution in [3.05, 3.63) is 59.2 Å². The molecule has 10 nitrogen and oxygen atoms in total. The van der Waals surface area contributed by atoms with Gasteiger partial charge in [-0.15, -0.1) is 0 Å². The largest absolute Gasteiger partial charge is 0.465 e. The van der Waals surface area contributed by atoms with E-state index in [9.17, 15) is 9.59 Å². The summed E-state index contributed by atoms with van der Waals surface area (Å²) in [6, 6.07) is 9.15. The van der Waals surface area contributed by atoms with E-state index in [1.54, 1.807) is 6.92 Å². The zero-order valence-corrected chi connectivity index (χ0v) is 27.1. The lowest BCUT2D eigenvalue weighted by Crippen LogP contribution is -2.32. The highest BCUT2D eigenvalue weighted by molar-refractivity contribution is 9.09. The van der Waals surface area contributed by atoms with Gasteiger partial charge < -0.3 is 29.7 Å². The third kappa shape index (κ3) is 8.01. The van der Waals surface area contributed by atoms with Gasteiger partial charge >= 0.3 is 11.9 Å². The minimum atomic E-state index is -0.206. The molecule has 0 fully saturated rings. The molecule has 0 bridgehead atoms. The van der Waals surface area contributed by atoms with E-state index in [2.05, 4.69) is 56.9 Å². The first kappa shape index (κ1) is 32.6. The molecular weight excluding hydrogens is 612 g/mol. The Balaban J connectivity index is 0.000000167. The van der Waals surface area contributed by atoms with Gasteiger partial charge in [-0.1, -0.05) is 15.9 Å². The monoisotopic (exact) mass is 654 g/mol. The number of fused-ring (bicyclic) bond motifs is 6. The minimum Gasteiger partial charge on any atom is -0.465 e. The molecule has 2 unspecified atom stereocenters. The maximum absolute atomic E-state index is 11.9. The number of alkyl halides is 1. The molecular formula is C32H43BrN6O4. The summed E-state index contributed by atoms with van der Waals surface area (Å²) in [7, 11) is 4.04. The maximum atomic E-state index is 11.9. The second kappa shape index (κ2) is 16.0. The fraction of sp³-hybridized carbons (Fsp3) is 0.500. The molecule has 11 heteroatoms. The van der Waals surface area contributed by atoms with E-state index >= 15 is 0 Å². The molecule has 0 amide bonds. The van der Waals surface area contributed by atoms with Crippen LogP contribution in [0.2, 0.25) is 0 Å². The number of nitrogens with zero attached hydrogens (tertiary/aromatic N) is 3. The lowest BCUT2D eigenvalue weighted by Gasteiger charge is -2.23. The minimum absolute atomic E-state index is 0.184. The van der Waals surface area contributed by atoms with Crippen molar-refractivity contribution >= 4 is 49.9 Å². The highest BCUT2D eigenvalue weighted by atomic mass is 79.9. The van der Waals surface area contributed by atoms with Crippen molar-refractivity contribution in [2.24, 2.45) is 0 Å². The molecule has 0 radical (unpaired) electrons. The molecule has 4 heterocycles. The Morgan fingerprint density at radius 1 is 0.930 bits per heavy atom. The molecule has 6 rings (SSSR count). The number of hydrogen-bond donors (Lipinski definition) is 3. The van der Waals surface area contributed by atoms with E-state index in [0.29, 0.717) is 30.6 Å². The Morgan fingerprint density at radius 2 is 1.56 bits per heavy atom. The van der Waals surface area contributed by atoms with Gasteiger partial charge in [0.05, 0.1) is 35.3 Å². The first-order chi connectivity index (χ1) is 20.9. The lowest BCUT2D eigenvalue weighted by molar-refractivity contribution is -0.144. The SMILES string of the molecule is CCOC(=O)CBr.CCOC(=O)Cn1c2c(c3ncccc31)CC(NC)CC2.CNC1CCc2[nH]c3cccnc3c2C1. The van der Waals surface area contributed by atoms with Crippen molar-refractivity contribution in [2.45, 2.75) is 71.0 Å². The fourth-order valence-corrected chi connectivity index (χ4v) is 6.05. The number of carbonyl (C=O) groups excluding carboxylic acids is 2. The number of esters is 2. The van der Waals surface area contributed by atoms with Gasteiger partial charge in [-0.05, 0) is 90.7 Å². The van der Waals surface area contributed by atoms with E-state index in [4.69, 9.17) is 4.74 Å². The Hall–Kier alpha value is -3.28. The molecule has 232 valence electrons. The third-order valence-electron chi connectivity index (χ3n) is 7.98. The zero-order valence-electron chi connectivity index (χ0n) is 25.5. The van der Waals surface area contributed by atoms with Crippen LogP contribution in [0.15, 0.2) is 36.7 Å². The smallest absolute Gasteiger partial charge is 0.325 e. The third-order valence-corrected chi connectivity index (χ3v) is 8.44. The summed E-state index contributed by atoms with van der Waals surface area (Å²) >= 11 is 2.94. The topological polar surface area (TPSA) is 123 Å². The number of halogens is 1. The zero-order chi connectivity index (χ0) is 30.8. The molecule has 2 aliphatic rings. The predicted octanol–water partition coefficient (Wildman–Crippen LogP) is 4.26. The number of ether oxygens (including phenoxy) is 2. The Labute approximate surface area is 261 Å². The molecule has 0 aromatic carbocycles. The first-order valence-corrected chi connectivity index (χ1v) is 16.2. The summed E-state index contributed by atoms with van der Waals surface area (Å²) < 4.78 is 11.7. The number of hydrogen-bond acceptors (Lipinski definition) is 8. The number of carbonyl (C=O) groups is 2.